The zero-order valence-electron chi connectivity index (χ0n) is 22.7. The van der Waals surface area contributed by atoms with Crippen molar-refractivity contribution in [2.24, 2.45) is 0 Å². The molecular formula is C30H32ClN3O4Si. The van der Waals surface area contributed by atoms with Gasteiger partial charge in [-0.3, -0.25) is 0 Å². The van der Waals surface area contributed by atoms with Gasteiger partial charge in [-0.25, -0.2) is 14.8 Å². The van der Waals surface area contributed by atoms with E-state index in [1.165, 1.54) is 12.3 Å². The summed E-state index contributed by atoms with van der Waals surface area (Å²) in [6, 6.07) is 18.7. The number of carboxylic acid groups (broad SMARTS) is 1. The molecule has 0 atom stereocenters. The minimum Gasteiger partial charge on any atom is -0.543 e. The Hall–Kier alpha value is -3.88. The number of nitrogens with zero attached hydrogens (tertiary/aromatic N) is 2. The molecule has 2 N–H and O–H groups in total. The molecule has 0 aliphatic carbocycles. The first-order valence-corrected chi connectivity index (χ1v) is 15.9. The molecule has 202 valence electrons. The Labute approximate surface area is 234 Å². The van der Waals surface area contributed by atoms with Crippen LogP contribution >= 0.6 is 11.6 Å². The molecule has 0 aliphatic heterocycles. The number of hydrogen-bond donors (Lipinski definition) is 2. The highest BCUT2D eigenvalue weighted by Gasteiger charge is 2.39. The van der Waals surface area contributed by atoms with Crippen molar-refractivity contribution >= 4 is 37.8 Å². The van der Waals surface area contributed by atoms with Gasteiger partial charge < -0.3 is 19.3 Å². The van der Waals surface area contributed by atoms with E-state index in [9.17, 15) is 9.90 Å². The van der Waals surface area contributed by atoms with Crippen molar-refractivity contribution in [3.63, 3.8) is 0 Å². The van der Waals surface area contributed by atoms with Crippen molar-refractivity contribution in [1.82, 2.24) is 9.97 Å². The Bertz CT molecular complexity index is 1480. The number of aliphatic carboxylic acids is 1. The number of benzene rings is 2. The van der Waals surface area contributed by atoms with Gasteiger partial charge in [0, 0.05) is 23.1 Å². The lowest BCUT2D eigenvalue weighted by Crippen LogP contribution is -2.43. The second kappa shape index (κ2) is 11.5. The van der Waals surface area contributed by atoms with Gasteiger partial charge in [-0.15, -0.1) is 0 Å². The molecular weight excluding hydrogens is 530 g/mol. The fourth-order valence-electron chi connectivity index (χ4n) is 3.60. The highest BCUT2D eigenvalue weighted by Crippen LogP contribution is 2.39. The van der Waals surface area contributed by atoms with Crippen LogP contribution in [0.25, 0.3) is 17.3 Å². The Kier molecular flexibility index (Phi) is 8.27. The Balaban J connectivity index is 1.74. The summed E-state index contributed by atoms with van der Waals surface area (Å²) in [5, 5.41) is 13.3. The molecule has 0 saturated heterocycles. The van der Waals surface area contributed by atoms with Crippen LogP contribution in [0.1, 0.15) is 37.8 Å². The third kappa shape index (κ3) is 7.16. The second-order valence-electron chi connectivity index (χ2n) is 10.8. The van der Waals surface area contributed by atoms with Crippen LogP contribution in [0.3, 0.4) is 0 Å². The van der Waals surface area contributed by atoms with E-state index in [0.29, 0.717) is 40.2 Å². The van der Waals surface area contributed by atoms with Gasteiger partial charge in [0.05, 0.1) is 23.8 Å². The normalized spacial score (nSPS) is 12.3. The molecule has 0 bridgehead atoms. The summed E-state index contributed by atoms with van der Waals surface area (Å²) in [6.07, 6.45) is 4.93. The SMILES string of the molecule is CC(C)(C)[Si](C)(C)Oc1cc(Cl)cc(-c2cnc(N/C(=C\c3ccco3)C(=O)O)c(Cc3ccccc3)n2)c1. The number of hydrogen-bond acceptors (Lipinski definition) is 6. The van der Waals surface area contributed by atoms with Crippen molar-refractivity contribution in [3.8, 4) is 17.0 Å². The molecule has 2 aromatic carbocycles. The van der Waals surface area contributed by atoms with Crippen molar-refractivity contribution in [2.75, 3.05) is 5.32 Å². The number of nitrogens with one attached hydrogen (secondary N) is 1. The maximum absolute atomic E-state index is 12.0. The van der Waals surface area contributed by atoms with E-state index in [-0.39, 0.29) is 10.7 Å². The van der Waals surface area contributed by atoms with Crippen LogP contribution in [-0.4, -0.2) is 29.4 Å². The average molecular weight is 562 g/mol. The molecule has 0 saturated carbocycles. The first-order valence-electron chi connectivity index (χ1n) is 12.6. The summed E-state index contributed by atoms with van der Waals surface area (Å²) in [4.78, 5) is 21.5. The zero-order valence-corrected chi connectivity index (χ0v) is 24.4. The van der Waals surface area contributed by atoms with Gasteiger partial charge in [-0.2, -0.15) is 0 Å². The van der Waals surface area contributed by atoms with Crippen molar-refractivity contribution in [2.45, 2.75) is 45.3 Å². The molecule has 4 rings (SSSR count). The molecule has 39 heavy (non-hydrogen) atoms. The van der Waals surface area contributed by atoms with Crippen LogP contribution in [0.2, 0.25) is 23.2 Å². The van der Waals surface area contributed by atoms with Crippen LogP contribution in [-0.2, 0) is 11.2 Å². The quantitative estimate of drug-likeness (QED) is 0.158. The van der Waals surface area contributed by atoms with Crippen molar-refractivity contribution in [3.05, 3.63) is 101 Å². The van der Waals surface area contributed by atoms with E-state index in [2.05, 4.69) is 44.2 Å². The molecule has 0 fully saturated rings. The summed E-state index contributed by atoms with van der Waals surface area (Å²) in [5.74, 6) is 0.280. The molecule has 2 heterocycles. The summed E-state index contributed by atoms with van der Waals surface area (Å²) in [5.41, 5.74) is 2.85. The molecule has 0 aliphatic rings. The number of halogens is 1. The molecule has 0 amide bonds. The molecule has 9 heteroatoms. The van der Waals surface area contributed by atoms with Gasteiger partial charge in [-0.05, 0) is 54.0 Å². The number of rotatable bonds is 9. The largest absolute Gasteiger partial charge is 0.543 e. The third-order valence-corrected chi connectivity index (χ3v) is 11.3. The van der Waals surface area contributed by atoms with Crippen molar-refractivity contribution < 1.29 is 18.7 Å². The highest BCUT2D eigenvalue weighted by atomic mass is 35.5. The highest BCUT2D eigenvalue weighted by molar-refractivity contribution is 6.74. The lowest BCUT2D eigenvalue weighted by molar-refractivity contribution is -0.132. The number of anilines is 1. The Morgan fingerprint density at radius 3 is 2.51 bits per heavy atom. The topological polar surface area (TPSA) is 97.5 Å². The minimum atomic E-state index is -2.09. The van der Waals surface area contributed by atoms with Gasteiger partial charge in [0.2, 0.25) is 8.32 Å². The maximum Gasteiger partial charge on any atom is 0.352 e. The van der Waals surface area contributed by atoms with E-state index >= 15 is 0 Å². The molecule has 0 unspecified atom stereocenters. The van der Waals surface area contributed by atoms with Crippen molar-refractivity contribution in [1.29, 1.82) is 0 Å². The van der Waals surface area contributed by atoms with E-state index in [1.807, 2.05) is 48.5 Å². The van der Waals surface area contributed by atoms with Gasteiger partial charge in [-0.1, -0.05) is 62.7 Å². The van der Waals surface area contributed by atoms with E-state index < -0.39 is 14.3 Å². The van der Waals surface area contributed by atoms with Gasteiger partial charge in [0.25, 0.3) is 0 Å². The Morgan fingerprint density at radius 1 is 1.13 bits per heavy atom. The number of carboxylic acids is 1. The monoisotopic (exact) mass is 561 g/mol. The van der Waals surface area contributed by atoms with Gasteiger partial charge in [0.15, 0.2) is 5.82 Å². The van der Waals surface area contributed by atoms with Crippen LogP contribution in [0.15, 0.2) is 83.2 Å². The predicted octanol–water partition coefficient (Wildman–Crippen LogP) is 7.90. The van der Waals surface area contributed by atoms with E-state index in [0.717, 1.165) is 11.1 Å². The average Bonchev–Trinajstić information content (AvgIpc) is 3.37. The minimum absolute atomic E-state index is 0.0243. The number of carbonyl (C=O) groups is 1. The summed E-state index contributed by atoms with van der Waals surface area (Å²) < 4.78 is 11.8. The van der Waals surface area contributed by atoms with Gasteiger partial charge >= 0.3 is 5.97 Å². The zero-order chi connectivity index (χ0) is 28.2. The van der Waals surface area contributed by atoms with E-state index in [4.69, 9.17) is 25.4 Å². The lowest BCUT2D eigenvalue weighted by atomic mass is 10.1. The fourth-order valence-corrected chi connectivity index (χ4v) is 4.83. The summed E-state index contributed by atoms with van der Waals surface area (Å²) >= 11 is 6.51. The Morgan fingerprint density at radius 2 is 1.87 bits per heavy atom. The van der Waals surface area contributed by atoms with Crippen LogP contribution in [0.4, 0.5) is 5.82 Å². The fraction of sp³-hybridized carbons (Fsp3) is 0.233. The number of furan rings is 1. The first-order chi connectivity index (χ1) is 18.4. The van der Waals surface area contributed by atoms with E-state index in [1.54, 1.807) is 18.3 Å². The predicted molar refractivity (Wildman–Crippen MR) is 157 cm³/mol. The summed E-state index contributed by atoms with van der Waals surface area (Å²) in [7, 11) is -2.09. The maximum atomic E-state index is 12.0. The van der Waals surface area contributed by atoms with Crippen LogP contribution in [0.5, 0.6) is 5.75 Å². The third-order valence-electron chi connectivity index (χ3n) is 6.72. The lowest BCUT2D eigenvalue weighted by Gasteiger charge is -2.36. The summed E-state index contributed by atoms with van der Waals surface area (Å²) in [6.45, 7) is 10.9. The molecule has 2 aromatic heterocycles. The molecule has 7 nitrogen and oxygen atoms in total. The molecule has 0 radical (unpaired) electrons. The standard InChI is InChI=1S/C30H32ClN3O4Si/c1-30(2,3)39(4,5)38-24-16-21(15-22(31)17-24)27-19-32-28(25(33-27)14-20-10-7-6-8-11-20)34-26(29(35)36)18-23-12-9-13-37-23/h6-13,15-19H,14H2,1-5H3,(H,32,34)(H,35,36)/b26-18-. The second-order valence-corrected chi connectivity index (χ2v) is 15.9. The van der Waals surface area contributed by atoms with Crippen LogP contribution < -0.4 is 9.74 Å². The first kappa shape index (κ1) is 28.1. The van der Waals surface area contributed by atoms with Crippen LogP contribution in [0, 0.1) is 0 Å². The molecule has 0 spiro atoms. The van der Waals surface area contributed by atoms with Gasteiger partial charge in [0.1, 0.15) is 17.2 Å². The number of aromatic nitrogens is 2. The molecule has 4 aromatic rings. The smallest absolute Gasteiger partial charge is 0.352 e.